The van der Waals surface area contributed by atoms with Crippen LogP contribution in [0.25, 0.3) is 11.4 Å². The van der Waals surface area contributed by atoms with Crippen LogP contribution in [-0.4, -0.2) is 52.4 Å². The minimum atomic E-state index is -2.89. The van der Waals surface area contributed by atoms with Crippen LogP contribution >= 0.6 is 11.8 Å². The largest absolute Gasteiger partial charge is 0.435 e. The third kappa shape index (κ3) is 5.30. The smallest absolute Gasteiger partial charge is 0.387 e. The molecule has 3 rings (SSSR count). The summed E-state index contributed by atoms with van der Waals surface area (Å²) in [5, 5.41) is 11.1. The summed E-state index contributed by atoms with van der Waals surface area (Å²) in [4.78, 5) is 11.9. The number of ether oxygens (including phenoxy) is 2. The van der Waals surface area contributed by atoms with Gasteiger partial charge in [-0.15, -0.1) is 10.2 Å². The lowest BCUT2D eigenvalue weighted by molar-refractivity contribution is -0.119. The van der Waals surface area contributed by atoms with Gasteiger partial charge in [0.15, 0.2) is 5.82 Å². The molecule has 0 unspecified atom stereocenters. The molecule has 2 heterocycles. The zero-order valence-electron chi connectivity index (χ0n) is 14.3. The van der Waals surface area contributed by atoms with Gasteiger partial charge in [0.25, 0.3) is 0 Å². The summed E-state index contributed by atoms with van der Waals surface area (Å²) in [5.41, 5.74) is 0.585. The first-order chi connectivity index (χ1) is 13.0. The number of carbonyl (C=O) groups excluding carboxylic acids is 1. The molecule has 8 nitrogen and oxygen atoms in total. The third-order valence-electron chi connectivity index (χ3n) is 3.89. The van der Waals surface area contributed by atoms with Gasteiger partial charge in [-0.3, -0.25) is 4.79 Å². The Morgan fingerprint density at radius 3 is 2.85 bits per heavy atom. The molecule has 1 aromatic carbocycles. The second-order valence-corrected chi connectivity index (χ2v) is 6.75. The highest BCUT2D eigenvalue weighted by Crippen LogP contribution is 2.24. The van der Waals surface area contributed by atoms with Gasteiger partial charge < -0.3 is 20.6 Å². The molecule has 1 amide bonds. The minimum Gasteiger partial charge on any atom is -0.435 e. The molecular weight excluding hydrogens is 380 g/mol. The van der Waals surface area contributed by atoms with E-state index in [4.69, 9.17) is 10.6 Å². The Balaban J connectivity index is 1.54. The SMILES string of the molecule is Nn1c(SCC(=O)NC[C@H]2CCCO2)nnc1-c1ccc(OC(F)F)cc1. The lowest BCUT2D eigenvalue weighted by Crippen LogP contribution is -2.33. The number of hydrogen-bond donors (Lipinski definition) is 2. The van der Waals surface area contributed by atoms with Crippen molar-refractivity contribution in [3.8, 4) is 17.1 Å². The molecule has 0 bridgehead atoms. The van der Waals surface area contributed by atoms with E-state index in [1.807, 2.05) is 0 Å². The molecule has 3 N–H and O–H groups in total. The van der Waals surface area contributed by atoms with E-state index >= 15 is 0 Å². The second-order valence-electron chi connectivity index (χ2n) is 5.81. The topological polar surface area (TPSA) is 104 Å². The zero-order chi connectivity index (χ0) is 19.2. The Morgan fingerprint density at radius 2 is 2.19 bits per heavy atom. The van der Waals surface area contributed by atoms with E-state index in [0.717, 1.165) is 31.2 Å². The van der Waals surface area contributed by atoms with Gasteiger partial charge in [0.2, 0.25) is 11.1 Å². The molecule has 0 saturated carbocycles. The van der Waals surface area contributed by atoms with Crippen LogP contribution in [0.4, 0.5) is 8.78 Å². The maximum Gasteiger partial charge on any atom is 0.387 e. The third-order valence-corrected chi connectivity index (χ3v) is 4.83. The van der Waals surface area contributed by atoms with Crippen molar-refractivity contribution < 1.29 is 23.0 Å². The van der Waals surface area contributed by atoms with E-state index in [-0.39, 0.29) is 23.5 Å². The number of thioether (sulfide) groups is 1. The van der Waals surface area contributed by atoms with Gasteiger partial charge in [-0.05, 0) is 37.1 Å². The van der Waals surface area contributed by atoms with Crippen LogP contribution in [0, 0.1) is 0 Å². The predicted octanol–water partition coefficient (Wildman–Crippen LogP) is 1.65. The number of rotatable bonds is 8. The summed E-state index contributed by atoms with van der Waals surface area (Å²) in [6.07, 6.45) is 2.05. The van der Waals surface area contributed by atoms with Gasteiger partial charge in [-0.1, -0.05) is 11.8 Å². The molecule has 2 aromatic rings. The number of nitrogen functional groups attached to an aromatic ring is 1. The molecule has 1 aromatic heterocycles. The monoisotopic (exact) mass is 399 g/mol. The van der Waals surface area contributed by atoms with Gasteiger partial charge in [0, 0.05) is 18.7 Å². The Bertz CT molecular complexity index is 766. The number of hydrogen-bond acceptors (Lipinski definition) is 7. The van der Waals surface area contributed by atoms with Crippen molar-refractivity contribution in [2.75, 3.05) is 24.7 Å². The van der Waals surface area contributed by atoms with Crippen molar-refractivity contribution in [2.45, 2.75) is 30.7 Å². The number of benzene rings is 1. The Kier molecular flexibility index (Phi) is 6.45. The molecule has 1 aliphatic heterocycles. The molecule has 0 spiro atoms. The fourth-order valence-electron chi connectivity index (χ4n) is 2.57. The zero-order valence-corrected chi connectivity index (χ0v) is 15.1. The van der Waals surface area contributed by atoms with Gasteiger partial charge in [0.05, 0.1) is 11.9 Å². The van der Waals surface area contributed by atoms with Crippen molar-refractivity contribution >= 4 is 17.7 Å². The normalized spacial score (nSPS) is 16.6. The van der Waals surface area contributed by atoms with Crippen molar-refractivity contribution in [3.63, 3.8) is 0 Å². The number of carbonyl (C=O) groups is 1. The van der Waals surface area contributed by atoms with Crippen LogP contribution in [-0.2, 0) is 9.53 Å². The van der Waals surface area contributed by atoms with Crippen LogP contribution in [0.5, 0.6) is 5.75 Å². The van der Waals surface area contributed by atoms with Crippen molar-refractivity contribution in [2.24, 2.45) is 0 Å². The quantitative estimate of drug-likeness (QED) is 0.514. The number of halogens is 2. The summed E-state index contributed by atoms with van der Waals surface area (Å²) in [5.74, 6) is 6.36. The standard InChI is InChI=1S/C16H19F2N5O3S/c17-15(18)26-11-5-3-10(4-6-11)14-21-22-16(23(14)19)27-9-13(24)20-8-12-2-1-7-25-12/h3-6,12,15H,1-2,7-9,19H2,(H,20,24)/t12-/m1/s1. The number of alkyl halides is 2. The van der Waals surface area contributed by atoms with Gasteiger partial charge in [-0.25, -0.2) is 4.68 Å². The van der Waals surface area contributed by atoms with E-state index < -0.39 is 6.61 Å². The molecule has 146 valence electrons. The van der Waals surface area contributed by atoms with Crippen molar-refractivity contribution in [3.05, 3.63) is 24.3 Å². The summed E-state index contributed by atoms with van der Waals surface area (Å²) in [7, 11) is 0. The molecular formula is C16H19F2N5O3S. The van der Waals surface area contributed by atoms with Gasteiger partial charge >= 0.3 is 6.61 Å². The van der Waals surface area contributed by atoms with Crippen LogP contribution in [0.3, 0.4) is 0 Å². The highest BCUT2D eigenvalue weighted by molar-refractivity contribution is 7.99. The number of amides is 1. The summed E-state index contributed by atoms with van der Waals surface area (Å²) in [6, 6.07) is 5.88. The first kappa shape index (κ1) is 19.4. The molecule has 0 radical (unpaired) electrons. The molecule has 1 atom stereocenters. The Labute approximate surface area is 158 Å². The maximum absolute atomic E-state index is 12.2. The summed E-state index contributed by atoms with van der Waals surface area (Å²) in [6.45, 7) is -1.65. The maximum atomic E-state index is 12.2. The summed E-state index contributed by atoms with van der Waals surface area (Å²) < 4.78 is 35.4. The average Bonchev–Trinajstić information content (AvgIpc) is 3.28. The molecule has 27 heavy (non-hydrogen) atoms. The van der Waals surface area contributed by atoms with E-state index in [2.05, 4.69) is 20.3 Å². The van der Waals surface area contributed by atoms with Crippen LogP contribution in [0.15, 0.2) is 29.4 Å². The van der Waals surface area contributed by atoms with Crippen molar-refractivity contribution in [1.82, 2.24) is 20.2 Å². The lowest BCUT2D eigenvalue weighted by atomic mass is 10.2. The number of nitrogens with zero attached hydrogens (tertiary/aromatic N) is 3. The van der Waals surface area contributed by atoms with E-state index in [0.29, 0.717) is 23.1 Å². The predicted molar refractivity (Wildman–Crippen MR) is 94.9 cm³/mol. The molecule has 0 aliphatic carbocycles. The van der Waals surface area contributed by atoms with Gasteiger partial charge in [-0.2, -0.15) is 8.78 Å². The molecule has 11 heteroatoms. The number of aromatic nitrogens is 3. The highest BCUT2D eigenvalue weighted by Gasteiger charge is 2.17. The van der Waals surface area contributed by atoms with Crippen LogP contribution in [0.1, 0.15) is 12.8 Å². The molecule has 1 saturated heterocycles. The highest BCUT2D eigenvalue weighted by atomic mass is 32.2. The minimum absolute atomic E-state index is 0.0364. The Morgan fingerprint density at radius 1 is 1.41 bits per heavy atom. The van der Waals surface area contributed by atoms with Crippen LogP contribution < -0.4 is 15.9 Å². The number of nitrogens with two attached hydrogens (primary N) is 1. The van der Waals surface area contributed by atoms with E-state index in [1.54, 1.807) is 12.1 Å². The van der Waals surface area contributed by atoms with E-state index in [9.17, 15) is 13.6 Å². The molecule has 1 fully saturated rings. The second kappa shape index (κ2) is 9.00. The fourth-order valence-corrected chi connectivity index (χ4v) is 3.26. The number of nitrogens with one attached hydrogen (secondary N) is 1. The first-order valence-electron chi connectivity index (χ1n) is 8.30. The van der Waals surface area contributed by atoms with Crippen molar-refractivity contribution in [1.29, 1.82) is 0 Å². The van der Waals surface area contributed by atoms with E-state index in [1.165, 1.54) is 16.8 Å². The van der Waals surface area contributed by atoms with Gasteiger partial charge in [0.1, 0.15) is 5.75 Å². The summed E-state index contributed by atoms with van der Waals surface area (Å²) >= 11 is 1.15. The Hall–Kier alpha value is -2.40. The fraction of sp³-hybridized carbons (Fsp3) is 0.438. The first-order valence-corrected chi connectivity index (χ1v) is 9.28. The van der Waals surface area contributed by atoms with Crippen LogP contribution in [0.2, 0.25) is 0 Å². The lowest BCUT2D eigenvalue weighted by Gasteiger charge is -2.10. The molecule has 1 aliphatic rings. The average molecular weight is 399 g/mol.